The quantitative estimate of drug-likeness (QED) is 0.806. The van der Waals surface area contributed by atoms with E-state index in [0.717, 1.165) is 43.8 Å². The zero-order valence-corrected chi connectivity index (χ0v) is 14.7. The van der Waals surface area contributed by atoms with E-state index in [1.54, 1.807) is 0 Å². The summed E-state index contributed by atoms with van der Waals surface area (Å²) in [6.45, 7) is 7.98. The lowest BCUT2D eigenvalue weighted by atomic mass is 9.93. The summed E-state index contributed by atoms with van der Waals surface area (Å²) in [7, 11) is 4.11. The van der Waals surface area contributed by atoms with E-state index >= 15 is 0 Å². The number of aryl methyl sites for hydroxylation is 1. The largest absolute Gasteiger partial charge is 0.339 e. The second-order valence-electron chi connectivity index (χ2n) is 6.71. The molecule has 0 N–H and O–H groups in total. The van der Waals surface area contributed by atoms with Crippen molar-refractivity contribution in [3.63, 3.8) is 0 Å². The molecule has 0 aliphatic carbocycles. The Hall–Kier alpha value is -2.21. The van der Waals surface area contributed by atoms with Crippen LogP contribution in [-0.4, -0.2) is 57.5 Å². The maximum Gasteiger partial charge on any atom is 0.245 e. The third kappa shape index (κ3) is 3.06. The average molecular weight is 327 g/mol. The van der Waals surface area contributed by atoms with Gasteiger partial charge in [0.15, 0.2) is 5.65 Å². The first-order valence-corrected chi connectivity index (χ1v) is 8.40. The first-order valence-electron chi connectivity index (χ1n) is 8.40. The zero-order chi connectivity index (χ0) is 17.3. The highest BCUT2D eigenvalue weighted by Gasteiger charge is 2.25. The van der Waals surface area contributed by atoms with Gasteiger partial charge in [-0.15, -0.1) is 0 Å². The van der Waals surface area contributed by atoms with Gasteiger partial charge in [-0.3, -0.25) is 4.79 Å². The normalized spacial score (nSPS) is 16.1. The van der Waals surface area contributed by atoms with E-state index < -0.39 is 0 Å². The molecule has 2 aromatic heterocycles. The second-order valence-corrected chi connectivity index (χ2v) is 6.71. The van der Waals surface area contributed by atoms with Crippen LogP contribution in [0.25, 0.3) is 5.65 Å². The summed E-state index contributed by atoms with van der Waals surface area (Å²) >= 11 is 0. The van der Waals surface area contributed by atoms with Crippen molar-refractivity contribution in [2.45, 2.75) is 32.2 Å². The Morgan fingerprint density at radius 3 is 2.75 bits per heavy atom. The van der Waals surface area contributed by atoms with Gasteiger partial charge in [-0.25, -0.2) is 9.50 Å². The number of hydrogen-bond donors (Lipinski definition) is 0. The highest BCUT2D eigenvalue weighted by atomic mass is 16.2. The Morgan fingerprint density at radius 1 is 1.42 bits per heavy atom. The number of aromatic nitrogens is 3. The molecule has 3 rings (SSSR count). The fraction of sp³-hybridized carbons (Fsp3) is 0.500. The molecule has 24 heavy (non-hydrogen) atoms. The minimum Gasteiger partial charge on any atom is -0.339 e. The van der Waals surface area contributed by atoms with Gasteiger partial charge in [-0.2, -0.15) is 5.10 Å². The third-order valence-corrected chi connectivity index (χ3v) is 4.72. The van der Waals surface area contributed by atoms with Crippen LogP contribution in [0.5, 0.6) is 0 Å². The third-order valence-electron chi connectivity index (χ3n) is 4.72. The Labute approximate surface area is 142 Å². The van der Waals surface area contributed by atoms with Crippen molar-refractivity contribution in [3.8, 4) is 0 Å². The number of nitrogens with zero attached hydrogens (tertiary/aromatic N) is 5. The fourth-order valence-corrected chi connectivity index (χ4v) is 3.45. The first kappa shape index (κ1) is 16.6. The number of hydrogen-bond acceptors (Lipinski definition) is 4. The van der Waals surface area contributed by atoms with Crippen molar-refractivity contribution in [2.24, 2.45) is 0 Å². The maximum atomic E-state index is 11.7. The summed E-state index contributed by atoms with van der Waals surface area (Å²) in [6, 6.07) is 2.06. The molecule has 0 aromatic carbocycles. The summed E-state index contributed by atoms with van der Waals surface area (Å²) in [4.78, 5) is 20.3. The number of rotatable bonds is 4. The van der Waals surface area contributed by atoms with E-state index in [-0.39, 0.29) is 5.91 Å². The highest BCUT2D eigenvalue weighted by molar-refractivity contribution is 5.87. The van der Waals surface area contributed by atoms with Crippen molar-refractivity contribution in [3.05, 3.63) is 41.9 Å². The van der Waals surface area contributed by atoms with Gasteiger partial charge >= 0.3 is 0 Å². The molecule has 0 saturated carbocycles. The van der Waals surface area contributed by atoms with Gasteiger partial charge in [0, 0.05) is 43.0 Å². The fourth-order valence-electron chi connectivity index (χ4n) is 3.45. The molecule has 0 unspecified atom stereocenters. The number of likely N-dealkylation sites (tertiary alicyclic amines) is 1. The summed E-state index contributed by atoms with van der Waals surface area (Å²) in [5.74, 6) is 0.424. The van der Waals surface area contributed by atoms with Gasteiger partial charge < -0.3 is 9.80 Å². The number of carbonyl (C=O) groups excluding carboxylic acids is 1. The lowest BCUT2D eigenvalue weighted by Gasteiger charge is -2.31. The Balaban J connectivity index is 1.88. The van der Waals surface area contributed by atoms with Crippen LogP contribution in [0.4, 0.5) is 0 Å². The first-order chi connectivity index (χ1) is 11.5. The van der Waals surface area contributed by atoms with Crippen LogP contribution in [0.2, 0.25) is 0 Å². The van der Waals surface area contributed by atoms with Crippen LogP contribution in [0.1, 0.15) is 35.7 Å². The molecule has 1 amide bonds. The minimum atomic E-state index is 0.0246. The number of carbonyl (C=O) groups is 1. The van der Waals surface area contributed by atoms with Gasteiger partial charge in [-0.05, 0) is 46.0 Å². The molecule has 0 radical (unpaired) electrons. The zero-order valence-electron chi connectivity index (χ0n) is 14.7. The summed E-state index contributed by atoms with van der Waals surface area (Å²) in [5.41, 5.74) is 4.35. The molecular weight excluding hydrogens is 302 g/mol. The monoisotopic (exact) mass is 327 g/mol. The van der Waals surface area contributed by atoms with E-state index in [2.05, 4.69) is 36.6 Å². The van der Waals surface area contributed by atoms with Gasteiger partial charge in [0.25, 0.3) is 0 Å². The molecule has 0 spiro atoms. The van der Waals surface area contributed by atoms with Crippen LogP contribution in [0.3, 0.4) is 0 Å². The standard InChI is InChI=1S/C18H25N5O/c1-5-17(24)22-10-7-14(8-11-22)16-6-9-19-18-15(12-21(3)4)13(2)20-23(16)18/h5-6,9,14H,1,7-8,10-12H2,2-4H3. The van der Waals surface area contributed by atoms with Crippen molar-refractivity contribution in [1.29, 1.82) is 0 Å². The van der Waals surface area contributed by atoms with E-state index in [1.165, 1.54) is 17.3 Å². The van der Waals surface area contributed by atoms with Crippen molar-refractivity contribution in [2.75, 3.05) is 27.2 Å². The maximum absolute atomic E-state index is 11.7. The lowest BCUT2D eigenvalue weighted by Crippen LogP contribution is -2.37. The summed E-state index contributed by atoms with van der Waals surface area (Å²) < 4.78 is 2.00. The molecule has 6 nitrogen and oxygen atoms in total. The molecule has 0 bridgehead atoms. The molecule has 1 aliphatic rings. The van der Waals surface area contributed by atoms with E-state index in [1.807, 2.05) is 22.5 Å². The van der Waals surface area contributed by atoms with E-state index in [0.29, 0.717) is 5.92 Å². The van der Waals surface area contributed by atoms with Crippen molar-refractivity contribution < 1.29 is 4.79 Å². The molecular formula is C18H25N5O. The van der Waals surface area contributed by atoms with Crippen molar-refractivity contribution >= 4 is 11.6 Å². The number of amides is 1. The molecule has 1 fully saturated rings. The molecule has 128 valence electrons. The van der Waals surface area contributed by atoms with Crippen LogP contribution in [-0.2, 0) is 11.3 Å². The number of piperidine rings is 1. The van der Waals surface area contributed by atoms with Crippen LogP contribution in [0, 0.1) is 6.92 Å². The van der Waals surface area contributed by atoms with Crippen LogP contribution >= 0.6 is 0 Å². The van der Waals surface area contributed by atoms with Crippen LogP contribution < -0.4 is 0 Å². The van der Waals surface area contributed by atoms with E-state index in [9.17, 15) is 4.79 Å². The minimum absolute atomic E-state index is 0.0246. The predicted octanol–water partition coefficient (Wildman–Crippen LogP) is 1.99. The summed E-state index contributed by atoms with van der Waals surface area (Å²) in [5, 5.41) is 4.74. The van der Waals surface area contributed by atoms with E-state index in [4.69, 9.17) is 5.10 Å². The van der Waals surface area contributed by atoms with Gasteiger partial charge in [-0.1, -0.05) is 6.58 Å². The van der Waals surface area contributed by atoms with Gasteiger partial charge in [0.1, 0.15) is 0 Å². The van der Waals surface area contributed by atoms with Crippen LogP contribution in [0.15, 0.2) is 24.9 Å². The average Bonchev–Trinajstić information content (AvgIpc) is 2.89. The Kier molecular flexibility index (Phi) is 4.66. The predicted molar refractivity (Wildman–Crippen MR) is 93.9 cm³/mol. The number of fused-ring (bicyclic) bond motifs is 1. The highest BCUT2D eigenvalue weighted by Crippen LogP contribution is 2.29. The molecule has 2 aromatic rings. The molecule has 6 heteroatoms. The SMILES string of the molecule is C=CC(=O)N1CCC(c2ccnc3c(CN(C)C)c(C)nn23)CC1. The van der Waals surface area contributed by atoms with Gasteiger partial charge in [0.2, 0.25) is 5.91 Å². The molecule has 0 atom stereocenters. The second kappa shape index (κ2) is 6.73. The topological polar surface area (TPSA) is 53.7 Å². The van der Waals surface area contributed by atoms with Crippen molar-refractivity contribution in [1.82, 2.24) is 24.4 Å². The lowest BCUT2D eigenvalue weighted by molar-refractivity contribution is -0.127. The molecule has 3 heterocycles. The Bertz CT molecular complexity index is 756. The Morgan fingerprint density at radius 2 is 2.12 bits per heavy atom. The molecule has 1 saturated heterocycles. The molecule has 1 aliphatic heterocycles. The smallest absolute Gasteiger partial charge is 0.245 e. The summed E-state index contributed by atoms with van der Waals surface area (Å²) in [6.07, 6.45) is 5.17. The van der Waals surface area contributed by atoms with Gasteiger partial charge in [0.05, 0.1) is 5.69 Å².